The first-order valence-corrected chi connectivity index (χ1v) is 4.78. The minimum Gasteiger partial charge on any atom is -0.508 e. The van der Waals surface area contributed by atoms with Gasteiger partial charge in [0, 0.05) is 12.7 Å². The highest BCUT2D eigenvalue weighted by Gasteiger charge is 2.03. The minimum atomic E-state index is 0.265. The molecule has 4 heteroatoms. The van der Waals surface area contributed by atoms with Crippen LogP contribution in [0.5, 0.6) is 5.75 Å². The maximum absolute atomic E-state index is 9.18. The van der Waals surface area contributed by atoms with E-state index in [1.54, 1.807) is 18.3 Å². The Balaban J connectivity index is 2.36. The quantitative estimate of drug-likeness (QED) is 0.790. The van der Waals surface area contributed by atoms with E-state index in [2.05, 4.69) is 10.4 Å². The normalized spacial score (nSPS) is 10.5. The summed E-state index contributed by atoms with van der Waals surface area (Å²) in [5, 5.41) is 16.5. The highest BCUT2D eigenvalue weighted by molar-refractivity contribution is 5.37. The van der Waals surface area contributed by atoms with Crippen LogP contribution in [0.1, 0.15) is 5.69 Å². The van der Waals surface area contributed by atoms with Gasteiger partial charge in [0.1, 0.15) is 5.75 Å². The first kappa shape index (κ1) is 9.73. The first-order chi connectivity index (χ1) is 7.31. The van der Waals surface area contributed by atoms with Crippen LogP contribution in [0.3, 0.4) is 0 Å². The van der Waals surface area contributed by atoms with E-state index >= 15 is 0 Å². The van der Waals surface area contributed by atoms with Gasteiger partial charge in [-0.3, -0.25) is 0 Å². The fourth-order valence-corrected chi connectivity index (χ4v) is 1.47. The van der Waals surface area contributed by atoms with E-state index in [-0.39, 0.29) is 5.75 Å². The molecular formula is C11H13N3O. The fourth-order valence-electron chi connectivity index (χ4n) is 1.47. The lowest BCUT2D eigenvalue weighted by Crippen LogP contribution is -2.10. The average Bonchev–Trinajstić information content (AvgIpc) is 2.68. The van der Waals surface area contributed by atoms with Gasteiger partial charge in [-0.1, -0.05) is 0 Å². The van der Waals surface area contributed by atoms with Gasteiger partial charge < -0.3 is 10.4 Å². The number of hydrogen-bond donors (Lipinski definition) is 2. The zero-order valence-corrected chi connectivity index (χ0v) is 8.51. The molecule has 0 bridgehead atoms. The summed E-state index contributed by atoms with van der Waals surface area (Å²) in [6.45, 7) is 0.765. The van der Waals surface area contributed by atoms with Crippen LogP contribution in [0.2, 0.25) is 0 Å². The van der Waals surface area contributed by atoms with Crippen molar-refractivity contribution in [1.82, 2.24) is 15.1 Å². The van der Waals surface area contributed by atoms with Gasteiger partial charge in [0.15, 0.2) is 0 Å². The molecule has 2 rings (SSSR count). The van der Waals surface area contributed by atoms with Gasteiger partial charge in [0.05, 0.1) is 11.4 Å². The van der Waals surface area contributed by atoms with E-state index in [1.807, 2.05) is 29.9 Å². The molecule has 0 radical (unpaired) electrons. The predicted molar refractivity (Wildman–Crippen MR) is 58.0 cm³/mol. The van der Waals surface area contributed by atoms with Crippen molar-refractivity contribution in [2.24, 2.45) is 0 Å². The Morgan fingerprint density at radius 1 is 1.27 bits per heavy atom. The van der Waals surface area contributed by atoms with E-state index in [9.17, 15) is 5.11 Å². The van der Waals surface area contributed by atoms with Crippen LogP contribution in [0.15, 0.2) is 36.5 Å². The van der Waals surface area contributed by atoms with Crippen LogP contribution in [-0.4, -0.2) is 21.9 Å². The molecule has 4 nitrogen and oxygen atoms in total. The monoisotopic (exact) mass is 203 g/mol. The van der Waals surface area contributed by atoms with Gasteiger partial charge in [0.25, 0.3) is 0 Å². The summed E-state index contributed by atoms with van der Waals surface area (Å²) >= 11 is 0. The van der Waals surface area contributed by atoms with Gasteiger partial charge in [0.2, 0.25) is 0 Å². The van der Waals surface area contributed by atoms with Crippen LogP contribution in [0, 0.1) is 0 Å². The zero-order valence-electron chi connectivity index (χ0n) is 8.51. The van der Waals surface area contributed by atoms with Gasteiger partial charge in [-0.25, -0.2) is 4.68 Å². The molecule has 0 spiro atoms. The Labute approximate surface area is 88.2 Å². The summed E-state index contributed by atoms with van der Waals surface area (Å²) in [6, 6.07) is 8.94. The molecule has 1 aromatic heterocycles. The molecular weight excluding hydrogens is 190 g/mol. The van der Waals surface area contributed by atoms with Crippen molar-refractivity contribution >= 4 is 0 Å². The van der Waals surface area contributed by atoms with Crippen molar-refractivity contribution in [2.45, 2.75) is 6.54 Å². The van der Waals surface area contributed by atoms with Crippen LogP contribution < -0.4 is 5.32 Å². The summed E-state index contributed by atoms with van der Waals surface area (Å²) in [4.78, 5) is 0. The molecule has 0 saturated carbocycles. The Bertz CT molecular complexity index is 433. The standard InChI is InChI=1S/C11H13N3O/c1-12-8-10-6-7-13-14(10)9-2-4-11(15)5-3-9/h2-7,12,15H,8H2,1H3. The molecule has 2 N–H and O–H groups in total. The molecule has 1 aromatic carbocycles. The lowest BCUT2D eigenvalue weighted by Gasteiger charge is -2.06. The van der Waals surface area contributed by atoms with E-state index in [1.165, 1.54) is 0 Å². The summed E-state index contributed by atoms with van der Waals surface area (Å²) in [5.41, 5.74) is 2.03. The van der Waals surface area contributed by atoms with E-state index in [0.717, 1.165) is 17.9 Å². The number of aromatic nitrogens is 2. The van der Waals surface area contributed by atoms with Crippen LogP contribution in [-0.2, 0) is 6.54 Å². The maximum Gasteiger partial charge on any atom is 0.115 e. The number of nitrogens with zero attached hydrogens (tertiary/aromatic N) is 2. The number of aromatic hydroxyl groups is 1. The topological polar surface area (TPSA) is 50.1 Å². The largest absolute Gasteiger partial charge is 0.508 e. The molecule has 0 fully saturated rings. The predicted octanol–water partition coefficient (Wildman–Crippen LogP) is 1.30. The molecule has 0 unspecified atom stereocenters. The third kappa shape index (κ3) is 1.99. The molecule has 1 heterocycles. The van der Waals surface area contributed by atoms with Crippen molar-refractivity contribution < 1.29 is 5.11 Å². The summed E-state index contributed by atoms with van der Waals surface area (Å²) in [6.07, 6.45) is 1.76. The second-order valence-corrected chi connectivity index (χ2v) is 3.28. The number of benzene rings is 1. The number of nitrogens with one attached hydrogen (secondary N) is 1. The lowest BCUT2D eigenvalue weighted by atomic mass is 10.3. The Morgan fingerprint density at radius 3 is 2.67 bits per heavy atom. The van der Waals surface area contributed by atoms with Crippen molar-refractivity contribution in [3.63, 3.8) is 0 Å². The van der Waals surface area contributed by atoms with Crippen molar-refractivity contribution in [3.8, 4) is 11.4 Å². The van der Waals surface area contributed by atoms with Gasteiger partial charge in [-0.2, -0.15) is 5.10 Å². The number of hydrogen-bond acceptors (Lipinski definition) is 3. The van der Waals surface area contributed by atoms with Crippen molar-refractivity contribution in [1.29, 1.82) is 0 Å². The minimum absolute atomic E-state index is 0.265. The van der Waals surface area contributed by atoms with Crippen LogP contribution in [0.4, 0.5) is 0 Å². The first-order valence-electron chi connectivity index (χ1n) is 4.78. The molecule has 15 heavy (non-hydrogen) atoms. The molecule has 0 saturated heterocycles. The number of phenols is 1. The van der Waals surface area contributed by atoms with E-state index in [0.29, 0.717) is 0 Å². The molecule has 0 aliphatic rings. The summed E-state index contributed by atoms with van der Waals surface area (Å²) in [5.74, 6) is 0.265. The van der Waals surface area contributed by atoms with E-state index in [4.69, 9.17) is 0 Å². The van der Waals surface area contributed by atoms with Crippen molar-refractivity contribution in [3.05, 3.63) is 42.2 Å². The second kappa shape index (κ2) is 4.14. The zero-order chi connectivity index (χ0) is 10.7. The van der Waals surface area contributed by atoms with E-state index < -0.39 is 0 Å². The molecule has 2 aromatic rings. The SMILES string of the molecule is CNCc1ccnn1-c1ccc(O)cc1. The molecule has 78 valence electrons. The van der Waals surface area contributed by atoms with Crippen LogP contribution in [0.25, 0.3) is 5.69 Å². The fraction of sp³-hybridized carbons (Fsp3) is 0.182. The number of phenolic OH excluding ortho intramolecular Hbond substituents is 1. The maximum atomic E-state index is 9.18. The third-order valence-corrected chi connectivity index (χ3v) is 2.17. The third-order valence-electron chi connectivity index (χ3n) is 2.17. The Hall–Kier alpha value is -1.81. The summed E-state index contributed by atoms with van der Waals surface area (Å²) in [7, 11) is 1.90. The summed E-state index contributed by atoms with van der Waals surface area (Å²) < 4.78 is 1.84. The Morgan fingerprint density at radius 2 is 2.00 bits per heavy atom. The van der Waals surface area contributed by atoms with Crippen molar-refractivity contribution in [2.75, 3.05) is 7.05 Å². The lowest BCUT2D eigenvalue weighted by molar-refractivity contribution is 0.475. The van der Waals surface area contributed by atoms with Crippen LogP contribution >= 0.6 is 0 Å². The highest BCUT2D eigenvalue weighted by Crippen LogP contribution is 2.14. The molecule has 0 aliphatic heterocycles. The van der Waals surface area contributed by atoms with Gasteiger partial charge >= 0.3 is 0 Å². The van der Waals surface area contributed by atoms with Gasteiger partial charge in [-0.05, 0) is 37.4 Å². The smallest absolute Gasteiger partial charge is 0.115 e. The Kier molecular flexibility index (Phi) is 2.69. The van der Waals surface area contributed by atoms with Gasteiger partial charge in [-0.15, -0.1) is 0 Å². The molecule has 0 amide bonds. The highest BCUT2D eigenvalue weighted by atomic mass is 16.3. The second-order valence-electron chi connectivity index (χ2n) is 3.28. The number of rotatable bonds is 3. The molecule has 0 aliphatic carbocycles. The molecule has 0 atom stereocenters. The average molecular weight is 203 g/mol.